The summed E-state index contributed by atoms with van der Waals surface area (Å²) in [5.74, 6) is 0.845. The average molecular weight is 582 g/mol. The molecule has 0 saturated heterocycles. The minimum atomic E-state index is -0.873. The van der Waals surface area contributed by atoms with Gasteiger partial charge in [-0.3, -0.25) is 9.36 Å². The Morgan fingerprint density at radius 1 is 1.02 bits per heavy atom. The quantitative estimate of drug-likeness (QED) is 0.276. The topological polar surface area (TPSA) is 112 Å². The number of nitriles is 1. The number of carbonyl (C=O) groups excluding carboxylic acids is 1. The number of fused-ring (bicyclic) bond motifs is 1. The number of nitrogens with zero attached hydrogens (tertiary/aromatic N) is 3. The van der Waals surface area contributed by atoms with Crippen LogP contribution in [0.4, 0.5) is 0 Å². The fourth-order valence-electron chi connectivity index (χ4n) is 4.76. The normalized spacial score (nSPS) is 14.4. The van der Waals surface area contributed by atoms with E-state index in [0.717, 1.165) is 0 Å². The van der Waals surface area contributed by atoms with Crippen LogP contribution in [-0.4, -0.2) is 38.0 Å². The summed E-state index contributed by atoms with van der Waals surface area (Å²) in [6.45, 7) is 1.74. The zero-order chi connectivity index (χ0) is 29.6. The Labute approximate surface area is 245 Å². The molecule has 1 aromatic heterocycles. The fourth-order valence-corrected chi connectivity index (χ4v) is 5.75. The third kappa shape index (κ3) is 5.42. The Kier molecular flexibility index (Phi) is 8.50. The van der Waals surface area contributed by atoms with Gasteiger partial charge in [0.2, 0.25) is 0 Å². The molecule has 1 aliphatic heterocycles. The lowest BCUT2D eigenvalue weighted by atomic mass is 9.93. The van der Waals surface area contributed by atoms with Gasteiger partial charge in [-0.25, -0.2) is 9.79 Å². The molecule has 42 heavy (non-hydrogen) atoms. The lowest BCUT2D eigenvalue weighted by Crippen LogP contribution is -2.40. The van der Waals surface area contributed by atoms with E-state index >= 15 is 0 Å². The van der Waals surface area contributed by atoms with E-state index in [0.29, 0.717) is 49.0 Å². The van der Waals surface area contributed by atoms with E-state index in [1.165, 1.54) is 30.1 Å². The molecule has 1 atom stereocenters. The number of rotatable bonds is 9. The molecular weight excluding hydrogens is 554 g/mol. The zero-order valence-corrected chi connectivity index (χ0v) is 24.0. The van der Waals surface area contributed by atoms with Crippen molar-refractivity contribution in [1.29, 1.82) is 5.26 Å². The Balaban J connectivity index is 1.82. The molecule has 212 valence electrons. The average Bonchev–Trinajstić information content (AvgIpc) is 3.34. The number of ether oxygens (including phenoxy) is 4. The molecule has 0 spiro atoms. The second-order valence-electron chi connectivity index (χ2n) is 9.03. The number of esters is 1. The van der Waals surface area contributed by atoms with E-state index < -0.39 is 12.0 Å². The van der Waals surface area contributed by atoms with Crippen LogP contribution in [0.25, 0.3) is 11.8 Å². The number of aromatic nitrogens is 1. The molecule has 0 unspecified atom stereocenters. The first-order valence-corrected chi connectivity index (χ1v) is 13.9. The predicted octanol–water partition coefficient (Wildman–Crippen LogP) is 3.86. The highest BCUT2D eigenvalue weighted by Crippen LogP contribution is 2.38. The molecule has 0 saturated carbocycles. The molecule has 1 aliphatic rings. The van der Waals surface area contributed by atoms with Crippen LogP contribution in [0.2, 0.25) is 0 Å². The predicted molar refractivity (Wildman–Crippen MR) is 158 cm³/mol. The van der Waals surface area contributed by atoms with Gasteiger partial charge in [0, 0.05) is 11.1 Å². The third-order valence-electron chi connectivity index (χ3n) is 6.59. The monoisotopic (exact) mass is 581 g/mol. The van der Waals surface area contributed by atoms with E-state index in [1.54, 1.807) is 49.4 Å². The summed E-state index contributed by atoms with van der Waals surface area (Å²) in [6.07, 6.45) is 1.71. The van der Waals surface area contributed by atoms with Crippen LogP contribution in [0.1, 0.15) is 29.7 Å². The van der Waals surface area contributed by atoms with Crippen LogP contribution >= 0.6 is 11.3 Å². The molecule has 0 radical (unpaired) electrons. The highest BCUT2D eigenvalue weighted by molar-refractivity contribution is 7.07. The van der Waals surface area contributed by atoms with Crippen LogP contribution in [0.3, 0.4) is 0 Å². The number of thiazole rings is 1. The molecule has 4 aromatic rings. The van der Waals surface area contributed by atoms with Crippen molar-refractivity contribution < 1.29 is 23.7 Å². The summed E-state index contributed by atoms with van der Waals surface area (Å²) in [7, 11) is 3.06. The lowest BCUT2D eigenvalue weighted by Gasteiger charge is -2.26. The van der Waals surface area contributed by atoms with E-state index in [9.17, 15) is 9.59 Å². The van der Waals surface area contributed by atoms with Crippen molar-refractivity contribution in [2.75, 3.05) is 27.4 Å². The molecule has 2 heterocycles. The van der Waals surface area contributed by atoms with Gasteiger partial charge in [0.1, 0.15) is 11.8 Å². The maximum atomic E-state index is 14.1. The number of hydrogen-bond donors (Lipinski definition) is 0. The van der Waals surface area contributed by atoms with Gasteiger partial charge in [-0.05, 0) is 36.8 Å². The number of carbonyl (C=O) groups is 1. The lowest BCUT2D eigenvalue weighted by molar-refractivity contribution is -0.138. The molecular formula is C32H27N3O6S. The molecule has 0 N–H and O–H groups in total. The van der Waals surface area contributed by atoms with Gasteiger partial charge in [0.15, 0.2) is 22.9 Å². The van der Waals surface area contributed by atoms with Crippen molar-refractivity contribution in [2.45, 2.75) is 13.0 Å². The van der Waals surface area contributed by atoms with E-state index in [4.69, 9.17) is 29.2 Å². The molecule has 9 nitrogen and oxygen atoms in total. The minimum Gasteiger partial charge on any atom is -0.493 e. The largest absolute Gasteiger partial charge is 0.493 e. The smallest absolute Gasteiger partial charge is 0.338 e. The summed E-state index contributed by atoms with van der Waals surface area (Å²) in [6, 6.07) is 22.8. The second kappa shape index (κ2) is 12.6. The Morgan fingerprint density at radius 3 is 2.48 bits per heavy atom. The van der Waals surface area contributed by atoms with Gasteiger partial charge < -0.3 is 18.9 Å². The van der Waals surface area contributed by atoms with Crippen molar-refractivity contribution in [3.05, 3.63) is 115 Å². The summed E-state index contributed by atoms with van der Waals surface area (Å²) >= 11 is 1.20. The maximum Gasteiger partial charge on any atom is 0.338 e. The third-order valence-corrected chi connectivity index (χ3v) is 7.58. The van der Waals surface area contributed by atoms with Crippen LogP contribution < -0.4 is 29.1 Å². The molecule has 0 amide bonds. The van der Waals surface area contributed by atoms with Gasteiger partial charge in [0.05, 0.1) is 42.7 Å². The zero-order valence-electron chi connectivity index (χ0n) is 23.2. The van der Waals surface area contributed by atoms with Gasteiger partial charge in [-0.2, -0.15) is 5.26 Å². The van der Waals surface area contributed by atoms with Gasteiger partial charge >= 0.3 is 5.97 Å². The van der Waals surface area contributed by atoms with E-state index in [2.05, 4.69) is 0 Å². The number of hydrogen-bond acceptors (Lipinski definition) is 9. The number of benzene rings is 3. The molecule has 3 aromatic carbocycles. The van der Waals surface area contributed by atoms with Crippen molar-refractivity contribution >= 4 is 29.1 Å². The molecule has 0 bridgehead atoms. The number of methoxy groups -OCH3 is 2. The van der Waals surface area contributed by atoms with Crippen LogP contribution in [0.15, 0.2) is 88.2 Å². The first-order chi connectivity index (χ1) is 20.5. The van der Waals surface area contributed by atoms with Crippen LogP contribution in [0, 0.1) is 11.3 Å². The minimum absolute atomic E-state index is 0.130. The highest BCUT2D eigenvalue weighted by atomic mass is 32.1. The van der Waals surface area contributed by atoms with Crippen molar-refractivity contribution in [1.82, 2.24) is 4.57 Å². The fraction of sp³-hybridized carbons (Fsp3) is 0.188. The van der Waals surface area contributed by atoms with Crippen LogP contribution in [0.5, 0.6) is 17.2 Å². The second-order valence-corrected chi connectivity index (χ2v) is 10.0. The summed E-state index contributed by atoms with van der Waals surface area (Å²) in [5, 5.41) is 8.99. The molecule has 5 rings (SSSR count). The Morgan fingerprint density at radius 2 is 1.76 bits per heavy atom. The summed E-state index contributed by atoms with van der Waals surface area (Å²) in [4.78, 5) is 33.0. The standard InChI is InChI=1S/C32H27N3O6S/c1-4-40-31(37)27-28(20-10-6-5-7-11-20)34-32-35(29(27)22-14-15-24(38-2)25(18-22)39-3)30(36)26(42-32)19-21-12-8-9-13-23(21)41-17-16-33/h5-15,18-19,29H,4,17H2,1-3H3/b26-19-/t29-/m0/s1. The molecule has 0 aliphatic carbocycles. The van der Waals surface area contributed by atoms with Gasteiger partial charge in [0.25, 0.3) is 5.56 Å². The van der Waals surface area contributed by atoms with Crippen molar-refractivity contribution in [3.8, 4) is 23.3 Å². The maximum absolute atomic E-state index is 14.1. The first kappa shape index (κ1) is 28.4. The summed E-state index contributed by atoms with van der Waals surface area (Å²) in [5.41, 5.74) is 2.26. The Bertz CT molecular complexity index is 1890. The SMILES string of the molecule is CCOC(=O)C1=C(c2ccccc2)N=c2s/c(=C\c3ccccc3OCC#N)c(=O)n2[C@H]1c1ccc(OC)c(OC)c1. The first-order valence-electron chi connectivity index (χ1n) is 13.1. The number of para-hydroxylation sites is 1. The van der Waals surface area contributed by atoms with E-state index in [-0.39, 0.29) is 24.3 Å². The van der Waals surface area contributed by atoms with Crippen molar-refractivity contribution in [3.63, 3.8) is 0 Å². The Hall–Kier alpha value is -5.14. The summed E-state index contributed by atoms with van der Waals surface area (Å²) < 4.78 is 24.0. The van der Waals surface area contributed by atoms with Gasteiger partial charge in [-0.15, -0.1) is 0 Å². The highest BCUT2D eigenvalue weighted by Gasteiger charge is 2.35. The molecule has 10 heteroatoms. The van der Waals surface area contributed by atoms with Crippen LogP contribution in [-0.2, 0) is 9.53 Å². The van der Waals surface area contributed by atoms with Gasteiger partial charge in [-0.1, -0.05) is 65.9 Å². The van der Waals surface area contributed by atoms with E-state index in [1.807, 2.05) is 42.5 Å². The molecule has 0 fully saturated rings. The van der Waals surface area contributed by atoms with Crippen molar-refractivity contribution in [2.24, 2.45) is 4.99 Å².